The molecule has 0 fully saturated rings. The second-order valence-electron chi connectivity index (χ2n) is 3.23. The van der Waals surface area contributed by atoms with Crippen molar-refractivity contribution >= 4 is 0 Å². The summed E-state index contributed by atoms with van der Waals surface area (Å²) in [4.78, 5) is 0. The summed E-state index contributed by atoms with van der Waals surface area (Å²) in [6, 6.07) is 0.198. The number of hydrogen-bond acceptors (Lipinski definition) is 1. The van der Waals surface area contributed by atoms with Gasteiger partial charge in [0.1, 0.15) is 0 Å². The zero-order chi connectivity index (χ0) is 8.97. The Hall–Kier alpha value is -1.00. The standard InChI is InChI=1S/C11H15N/c1-3-4-7-10-9(2)6-5-8-11(10)12/h1,4,7,11H,5-6,8,12H2,2H3/b7-4-. The van der Waals surface area contributed by atoms with Gasteiger partial charge in [0.15, 0.2) is 0 Å². The molecule has 0 heterocycles. The lowest BCUT2D eigenvalue weighted by molar-refractivity contribution is 0.605. The summed E-state index contributed by atoms with van der Waals surface area (Å²) in [7, 11) is 0. The van der Waals surface area contributed by atoms with E-state index in [2.05, 4.69) is 12.8 Å². The minimum absolute atomic E-state index is 0.198. The van der Waals surface area contributed by atoms with Crippen LogP contribution in [0.3, 0.4) is 0 Å². The van der Waals surface area contributed by atoms with Gasteiger partial charge in [-0.25, -0.2) is 0 Å². The lowest BCUT2D eigenvalue weighted by Gasteiger charge is -2.21. The smallest absolute Gasteiger partial charge is 0.0294 e. The topological polar surface area (TPSA) is 26.0 Å². The SMILES string of the molecule is C#C/C=C\C1=C(C)CCCC1N. The molecule has 0 aliphatic heterocycles. The van der Waals surface area contributed by atoms with Gasteiger partial charge in [-0.1, -0.05) is 11.5 Å². The van der Waals surface area contributed by atoms with Crippen molar-refractivity contribution in [2.24, 2.45) is 5.73 Å². The molecule has 1 nitrogen and oxygen atoms in total. The first-order valence-electron chi connectivity index (χ1n) is 4.33. The van der Waals surface area contributed by atoms with Crippen LogP contribution < -0.4 is 5.73 Å². The van der Waals surface area contributed by atoms with Crippen LogP contribution in [0.4, 0.5) is 0 Å². The molecule has 0 aromatic rings. The van der Waals surface area contributed by atoms with E-state index in [9.17, 15) is 0 Å². The lowest BCUT2D eigenvalue weighted by Crippen LogP contribution is -2.25. The Kier molecular flexibility index (Phi) is 3.13. The number of terminal acetylenes is 1. The van der Waals surface area contributed by atoms with Crippen LogP contribution in [0.15, 0.2) is 23.3 Å². The third kappa shape index (κ3) is 1.99. The van der Waals surface area contributed by atoms with Crippen LogP contribution in [0.2, 0.25) is 0 Å². The third-order valence-electron chi connectivity index (χ3n) is 2.32. The van der Waals surface area contributed by atoms with Crippen molar-refractivity contribution in [2.45, 2.75) is 32.2 Å². The first-order chi connectivity index (χ1) is 5.75. The van der Waals surface area contributed by atoms with Gasteiger partial charge < -0.3 is 5.73 Å². The molecule has 0 aromatic heterocycles. The molecule has 0 saturated carbocycles. The van der Waals surface area contributed by atoms with Gasteiger partial charge in [-0.3, -0.25) is 0 Å². The summed E-state index contributed by atoms with van der Waals surface area (Å²) >= 11 is 0. The summed E-state index contributed by atoms with van der Waals surface area (Å²) in [5, 5.41) is 0. The van der Waals surface area contributed by atoms with Crippen LogP contribution in [0, 0.1) is 12.3 Å². The summed E-state index contributed by atoms with van der Waals surface area (Å²) in [6.07, 6.45) is 12.3. The van der Waals surface area contributed by atoms with Crippen LogP contribution in [-0.2, 0) is 0 Å². The van der Waals surface area contributed by atoms with E-state index in [1.165, 1.54) is 17.6 Å². The minimum Gasteiger partial charge on any atom is -0.324 e. The van der Waals surface area contributed by atoms with E-state index in [0.717, 1.165) is 12.8 Å². The third-order valence-corrected chi connectivity index (χ3v) is 2.32. The van der Waals surface area contributed by atoms with Crippen LogP contribution in [-0.4, -0.2) is 6.04 Å². The monoisotopic (exact) mass is 161 g/mol. The van der Waals surface area contributed by atoms with Crippen LogP contribution >= 0.6 is 0 Å². The van der Waals surface area contributed by atoms with Crippen molar-refractivity contribution in [1.82, 2.24) is 0 Å². The Bertz CT molecular complexity index is 253. The van der Waals surface area contributed by atoms with Crippen molar-refractivity contribution in [3.8, 4) is 12.3 Å². The van der Waals surface area contributed by atoms with Gasteiger partial charge in [0.2, 0.25) is 0 Å². The van der Waals surface area contributed by atoms with E-state index in [1.807, 2.05) is 6.08 Å². The van der Waals surface area contributed by atoms with Gasteiger partial charge in [-0.2, -0.15) is 0 Å². The molecule has 1 unspecified atom stereocenters. The predicted octanol–water partition coefficient (Wildman–Crippen LogP) is 2.00. The van der Waals surface area contributed by atoms with Gasteiger partial charge in [0.25, 0.3) is 0 Å². The highest BCUT2D eigenvalue weighted by Gasteiger charge is 2.14. The fourth-order valence-electron chi connectivity index (χ4n) is 1.61. The van der Waals surface area contributed by atoms with E-state index < -0.39 is 0 Å². The Balaban J connectivity index is 2.82. The maximum atomic E-state index is 5.93. The summed E-state index contributed by atoms with van der Waals surface area (Å²) in [6.45, 7) is 2.13. The quantitative estimate of drug-likeness (QED) is 0.585. The van der Waals surface area contributed by atoms with Crippen molar-refractivity contribution in [3.63, 3.8) is 0 Å². The summed E-state index contributed by atoms with van der Waals surface area (Å²) < 4.78 is 0. The van der Waals surface area contributed by atoms with Gasteiger partial charge in [0, 0.05) is 6.04 Å². The molecule has 2 N–H and O–H groups in total. The van der Waals surface area contributed by atoms with E-state index in [4.69, 9.17) is 12.2 Å². The highest BCUT2D eigenvalue weighted by Crippen LogP contribution is 2.24. The molecular formula is C11H15N. The molecule has 0 radical (unpaired) electrons. The van der Waals surface area contributed by atoms with Gasteiger partial charge in [0.05, 0.1) is 0 Å². The normalized spacial score (nSPS) is 24.6. The largest absolute Gasteiger partial charge is 0.324 e. The van der Waals surface area contributed by atoms with Gasteiger partial charge >= 0.3 is 0 Å². The molecular weight excluding hydrogens is 146 g/mol. The second kappa shape index (κ2) is 4.13. The zero-order valence-corrected chi connectivity index (χ0v) is 7.51. The molecule has 64 valence electrons. The Morgan fingerprint density at radius 3 is 3.00 bits per heavy atom. The first-order valence-corrected chi connectivity index (χ1v) is 4.33. The summed E-state index contributed by atoms with van der Waals surface area (Å²) in [5.74, 6) is 2.49. The Morgan fingerprint density at radius 2 is 2.42 bits per heavy atom. The lowest BCUT2D eigenvalue weighted by atomic mass is 9.89. The fraction of sp³-hybridized carbons (Fsp3) is 0.455. The molecule has 1 aliphatic rings. The molecule has 12 heavy (non-hydrogen) atoms. The highest BCUT2D eigenvalue weighted by molar-refractivity contribution is 5.34. The van der Waals surface area contributed by atoms with Gasteiger partial charge in [-0.05, 0) is 43.9 Å². The molecule has 1 heteroatoms. The maximum absolute atomic E-state index is 5.93. The first kappa shape index (κ1) is 9.09. The van der Waals surface area contributed by atoms with Crippen molar-refractivity contribution in [1.29, 1.82) is 0 Å². The molecule has 0 spiro atoms. The van der Waals surface area contributed by atoms with E-state index >= 15 is 0 Å². The van der Waals surface area contributed by atoms with E-state index in [-0.39, 0.29) is 6.04 Å². The molecule has 0 amide bonds. The average molecular weight is 161 g/mol. The predicted molar refractivity (Wildman–Crippen MR) is 52.5 cm³/mol. The second-order valence-corrected chi connectivity index (χ2v) is 3.23. The van der Waals surface area contributed by atoms with Crippen LogP contribution in [0.1, 0.15) is 26.2 Å². The molecule has 0 aromatic carbocycles. The Labute approximate surface area is 74.3 Å². The number of hydrogen-bond donors (Lipinski definition) is 1. The molecule has 1 rings (SSSR count). The molecule has 0 bridgehead atoms. The Morgan fingerprint density at radius 1 is 1.67 bits per heavy atom. The zero-order valence-electron chi connectivity index (χ0n) is 7.51. The molecule has 0 saturated heterocycles. The van der Waals surface area contributed by atoms with Crippen molar-refractivity contribution < 1.29 is 0 Å². The summed E-state index contributed by atoms with van der Waals surface area (Å²) in [5.41, 5.74) is 8.56. The van der Waals surface area contributed by atoms with Gasteiger partial charge in [-0.15, -0.1) is 6.42 Å². The average Bonchev–Trinajstić information content (AvgIpc) is 2.04. The van der Waals surface area contributed by atoms with E-state index in [1.54, 1.807) is 6.08 Å². The number of rotatable bonds is 1. The number of allylic oxidation sites excluding steroid dienone is 2. The van der Waals surface area contributed by atoms with Crippen LogP contribution in [0.5, 0.6) is 0 Å². The van der Waals surface area contributed by atoms with Crippen molar-refractivity contribution in [3.05, 3.63) is 23.3 Å². The van der Waals surface area contributed by atoms with Crippen molar-refractivity contribution in [2.75, 3.05) is 0 Å². The maximum Gasteiger partial charge on any atom is 0.0294 e. The molecule has 1 atom stereocenters. The van der Waals surface area contributed by atoms with Crippen LogP contribution in [0.25, 0.3) is 0 Å². The number of nitrogens with two attached hydrogens (primary N) is 1. The fourth-order valence-corrected chi connectivity index (χ4v) is 1.61. The minimum atomic E-state index is 0.198. The van der Waals surface area contributed by atoms with E-state index in [0.29, 0.717) is 0 Å². The highest BCUT2D eigenvalue weighted by atomic mass is 14.6. The molecule has 1 aliphatic carbocycles.